The van der Waals surface area contributed by atoms with Crippen LogP contribution < -0.4 is 15.4 Å². The molecule has 2 N–H and O–H groups in total. The number of hydrogen-bond acceptors (Lipinski definition) is 4. The Morgan fingerprint density at radius 3 is 2.65 bits per heavy atom. The fourth-order valence-corrected chi connectivity index (χ4v) is 3.72. The highest BCUT2D eigenvalue weighted by Crippen LogP contribution is 2.20. The molecule has 2 heterocycles. The largest absolute Gasteiger partial charge is 0.497 e. The van der Waals surface area contributed by atoms with E-state index in [4.69, 9.17) is 4.74 Å². The number of hydrogen-bond donors (Lipinski definition) is 2. The number of fused-ring (bicyclic) bond motifs is 1. The monoisotopic (exact) mass is 420 g/mol. The zero-order chi connectivity index (χ0) is 22.0. The van der Waals surface area contributed by atoms with Crippen molar-refractivity contribution in [1.82, 2.24) is 14.8 Å². The number of benzene rings is 2. The second-order valence-corrected chi connectivity index (χ2v) is 7.54. The maximum absolute atomic E-state index is 12.6. The van der Waals surface area contributed by atoms with Gasteiger partial charge in [0.05, 0.1) is 13.5 Å². The number of aryl methyl sites for hydroxylation is 1. The molecule has 0 unspecified atom stereocenters. The van der Waals surface area contributed by atoms with Crippen molar-refractivity contribution in [3.8, 4) is 5.75 Å². The molecule has 1 fully saturated rings. The number of amides is 4. The van der Waals surface area contributed by atoms with Crippen LogP contribution in [0.25, 0.3) is 10.9 Å². The SMILES string of the molecule is COc1ccc(CCN2C(=O)N[C@@H](CC(=O)Nc3ccc4c(ccn4C)c3)C2=O)cc1. The van der Waals surface area contributed by atoms with E-state index in [1.807, 2.05) is 66.3 Å². The number of rotatable bonds is 7. The minimum Gasteiger partial charge on any atom is -0.497 e. The van der Waals surface area contributed by atoms with E-state index >= 15 is 0 Å². The number of imide groups is 1. The van der Waals surface area contributed by atoms with Crippen molar-refractivity contribution < 1.29 is 19.1 Å². The van der Waals surface area contributed by atoms with Gasteiger partial charge in [0.15, 0.2) is 0 Å². The Balaban J connectivity index is 1.33. The molecule has 0 bridgehead atoms. The van der Waals surface area contributed by atoms with E-state index in [2.05, 4.69) is 10.6 Å². The standard InChI is InChI=1S/C23H24N4O4/c1-26-11-10-16-13-17(5-8-20(16)26)24-21(28)14-19-22(29)27(23(30)25-19)12-9-15-3-6-18(31-2)7-4-15/h3-8,10-11,13,19H,9,12,14H2,1-2H3,(H,24,28)(H,25,30)/t19-/m0/s1. The Bertz CT molecular complexity index is 1140. The topological polar surface area (TPSA) is 92.7 Å². The number of nitrogens with zero attached hydrogens (tertiary/aromatic N) is 2. The molecule has 2 aromatic carbocycles. The fraction of sp³-hybridized carbons (Fsp3) is 0.261. The molecule has 4 rings (SSSR count). The van der Waals surface area contributed by atoms with Crippen LogP contribution in [-0.4, -0.2) is 47.0 Å². The number of urea groups is 1. The second kappa shape index (κ2) is 8.51. The fourth-order valence-electron chi connectivity index (χ4n) is 3.72. The van der Waals surface area contributed by atoms with E-state index in [-0.39, 0.29) is 24.8 Å². The predicted octanol–water partition coefficient (Wildman–Crippen LogP) is 2.68. The summed E-state index contributed by atoms with van der Waals surface area (Å²) in [7, 11) is 3.55. The summed E-state index contributed by atoms with van der Waals surface area (Å²) in [5, 5.41) is 6.43. The van der Waals surface area contributed by atoms with Crippen molar-refractivity contribution in [3.05, 3.63) is 60.3 Å². The first kappa shape index (κ1) is 20.5. The average Bonchev–Trinajstić information content (AvgIpc) is 3.25. The van der Waals surface area contributed by atoms with Gasteiger partial charge in [-0.15, -0.1) is 0 Å². The molecular weight excluding hydrogens is 396 g/mol. The van der Waals surface area contributed by atoms with E-state index < -0.39 is 12.1 Å². The quantitative estimate of drug-likeness (QED) is 0.575. The van der Waals surface area contributed by atoms with Crippen molar-refractivity contribution in [3.63, 3.8) is 0 Å². The summed E-state index contributed by atoms with van der Waals surface area (Å²) in [5.74, 6) is 0.0364. The summed E-state index contributed by atoms with van der Waals surface area (Å²) >= 11 is 0. The average molecular weight is 420 g/mol. The molecule has 160 valence electrons. The first-order chi connectivity index (χ1) is 14.9. The molecule has 0 saturated carbocycles. The zero-order valence-corrected chi connectivity index (χ0v) is 17.4. The van der Waals surface area contributed by atoms with Gasteiger partial charge in [-0.2, -0.15) is 0 Å². The first-order valence-electron chi connectivity index (χ1n) is 10.0. The smallest absolute Gasteiger partial charge is 0.324 e. The summed E-state index contributed by atoms with van der Waals surface area (Å²) in [6.45, 7) is 0.250. The third-order valence-electron chi connectivity index (χ3n) is 5.45. The lowest BCUT2D eigenvalue weighted by molar-refractivity contribution is -0.129. The minimum absolute atomic E-state index is 0.115. The van der Waals surface area contributed by atoms with Gasteiger partial charge in [-0.3, -0.25) is 14.5 Å². The number of methoxy groups -OCH3 is 1. The van der Waals surface area contributed by atoms with Gasteiger partial charge in [0.1, 0.15) is 11.8 Å². The lowest BCUT2D eigenvalue weighted by Crippen LogP contribution is -2.34. The van der Waals surface area contributed by atoms with E-state index in [9.17, 15) is 14.4 Å². The third kappa shape index (κ3) is 4.37. The van der Waals surface area contributed by atoms with Gasteiger partial charge in [-0.05, 0) is 48.4 Å². The maximum atomic E-state index is 12.6. The lowest BCUT2D eigenvalue weighted by atomic mass is 10.1. The molecule has 8 nitrogen and oxygen atoms in total. The molecule has 1 aliphatic heterocycles. The number of carbonyl (C=O) groups excluding carboxylic acids is 3. The highest BCUT2D eigenvalue weighted by molar-refractivity contribution is 6.07. The van der Waals surface area contributed by atoms with Gasteiger partial charge in [-0.1, -0.05) is 12.1 Å². The highest BCUT2D eigenvalue weighted by atomic mass is 16.5. The minimum atomic E-state index is -0.858. The molecule has 0 radical (unpaired) electrons. The summed E-state index contributed by atoms with van der Waals surface area (Å²) in [6, 6.07) is 13.7. The van der Waals surface area contributed by atoms with Crippen LogP contribution in [-0.2, 0) is 23.1 Å². The van der Waals surface area contributed by atoms with Crippen LogP contribution in [0.2, 0.25) is 0 Å². The molecule has 1 atom stereocenters. The first-order valence-corrected chi connectivity index (χ1v) is 10.0. The molecule has 1 aromatic heterocycles. The van der Waals surface area contributed by atoms with Crippen LogP contribution in [0, 0.1) is 0 Å². The lowest BCUT2D eigenvalue weighted by Gasteiger charge is -2.13. The molecule has 1 aliphatic rings. The third-order valence-corrected chi connectivity index (χ3v) is 5.45. The molecule has 1 saturated heterocycles. The molecule has 0 aliphatic carbocycles. The predicted molar refractivity (Wildman–Crippen MR) is 117 cm³/mol. The summed E-state index contributed by atoms with van der Waals surface area (Å²) in [5.41, 5.74) is 2.69. The van der Waals surface area contributed by atoms with Gasteiger partial charge in [0.25, 0.3) is 5.91 Å². The van der Waals surface area contributed by atoms with Gasteiger partial charge >= 0.3 is 6.03 Å². The molecule has 31 heavy (non-hydrogen) atoms. The molecule has 4 amide bonds. The van der Waals surface area contributed by atoms with E-state index in [0.717, 1.165) is 27.1 Å². The molecular formula is C23H24N4O4. The second-order valence-electron chi connectivity index (χ2n) is 7.54. The van der Waals surface area contributed by atoms with E-state index in [0.29, 0.717) is 12.1 Å². The molecule has 3 aromatic rings. The van der Waals surface area contributed by atoms with Crippen LogP contribution in [0.3, 0.4) is 0 Å². The van der Waals surface area contributed by atoms with Gasteiger partial charge in [-0.25, -0.2) is 4.79 Å². The van der Waals surface area contributed by atoms with Crippen LogP contribution in [0.1, 0.15) is 12.0 Å². The number of anilines is 1. The van der Waals surface area contributed by atoms with Gasteiger partial charge < -0.3 is 19.9 Å². The van der Waals surface area contributed by atoms with Crippen LogP contribution in [0.15, 0.2) is 54.7 Å². The Morgan fingerprint density at radius 1 is 1.13 bits per heavy atom. The number of nitrogens with one attached hydrogen (secondary N) is 2. The number of aromatic nitrogens is 1. The Labute approximate surface area is 179 Å². The van der Waals surface area contributed by atoms with Crippen LogP contribution >= 0.6 is 0 Å². The number of ether oxygens (including phenoxy) is 1. The van der Waals surface area contributed by atoms with E-state index in [1.54, 1.807) is 7.11 Å². The maximum Gasteiger partial charge on any atom is 0.324 e. The van der Waals surface area contributed by atoms with Crippen molar-refractivity contribution in [2.75, 3.05) is 19.0 Å². The van der Waals surface area contributed by atoms with Crippen LogP contribution in [0.5, 0.6) is 5.75 Å². The summed E-state index contributed by atoms with van der Waals surface area (Å²) in [6.07, 6.45) is 2.36. The van der Waals surface area contributed by atoms with Crippen molar-refractivity contribution in [2.45, 2.75) is 18.9 Å². The summed E-state index contributed by atoms with van der Waals surface area (Å²) in [4.78, 5) is 38.5. The molecule has 0 spiro atoms. The molecule has 8 heteroatoms. The zero-order valence-electron chi connectivity index (χ0n) is 17.4. The van der Waals surface area contributed by atoms with Crippen LogP contribution in [0.4, 0.5) is 10.5 Å². The van der Waals surface area contributed by atoms with Crippen molar-refractivity contribution in [1.29, 1.82) is 0 Å². The number of carbonyl (C=O) groups is 3. The van der Waals surface area contributed by atoms with Gasteiger partial charge in [0.2, 0.25) is 5.91 Å². The Morgan fingerprint density at radius 2 is 1.90 bits per heavy atom. The summed E-state index contributed by atoms with van der Waals surface area (Å²) < 4.78 is 7.12. The Kier molecular flexibility index (Phi) is 5.62. The Hall–Kier alpha value is -3.81. The van der Waals surface area contributed by atoms with Crippen molar-refractivity contribution >= 4 is 34.4 Å². The van der Waals surface area contributed by atoms with E-state index in [1.165, 1.54) is 0 Å². The van der Waals surface area contributed by atoms with Gasteiger partial charge in [0, 0.05) is 36.4 Å². The van der Waals surface area contributed by atoms with Crippen molar-refractivity contribution in [2.24, 2.45) is 7.05 Å². The normalized spacial score (nSPS) is 15.9. The highest BCUT2D eigenvalue weighted by Gasteiger charge is 2.38.